The minimum absolute atomic E-state index is 0.891. The van der Waals surface area contributed by atoms with Crippen molar-refractivity contribution >= 4 is 8.58 Å². The second kappa shape index (κ2) is 57.9. The van der Waals surface area contributed by atoms with Crippen molar-refractivity contribution in [3.63, 3.8) is 0 Å². The van der Waals surface area contributed by atoms with Gasteiger partial charge in [0, 0.05) is 0 Å². The van der Waals surface area contributed by atoms with Gasteiger partial charge in [0.15, 0.2) is 0 Å². The number of hydrogen-bond acceptors (Lipinski definition) is 0. The summed E-state index contributed by atoms with van der Waals surface area (Å²) in [6.45, 7) is 4.62. The van der Waals surface area contributed by atoms with Crippen LogP contribution in [0, 0.1) is 0 Å². The summed E-state index contributed by atoms with van der Waals surface area (Å²) < 4.78 is 0. The molecule has 0 spiro atoms. The summed E-state index contributed by atoms with van der Waals surface area (Å²) in [6.07, 6.45) is 81.0. The maximum absolute atomic E-state index is 2.45. The van der Waals surface area contributed by atoms with Crippen molar-refractivity contribution in [1.29, 1.82) is 0 Å². The van der Waals surface area contributed by atoms with Crippen LogP contribution < -0.4 is 0 Å². The van der Waals surface area contributed by atoms with Crippen LogP contribution >= 0.6 is 8.58 Å². The first-order valence-electron chi connectivity index (χ1n) is 28.5. The Morgan fingerprint density at radius 1 is 0.186 bits per heavy atom. The van der Waals surface area contributed by atoms with E-state index >= 15 is 0 Å². The highest BCUT2D eigenvalue weighted by molar-refractivity contribution is 7.45. The lowest BCUT2D eigenvalue weighted by Crippen LogP contribution is -1.84. The summed E-state index contributed by atoms with van der Waals surface area (Å²) in [4.78, 5) is 0. The van der Waals surface area contributed by atoms with Crippen molar-refractivity contribution in [2.24, 2.45) is 0 Å². The Hall–Kier alpha value is -0.0900. The lowest BCUT2D eigenvalue weighted by atomic mass is 10.0. The maximum Gasteiger partial charge on any atom is -0.0347 e. The zero-order valence-electron chi connectivity index (χ0n) is 41.6. The van der Waals surface area contributed by atoms with Gasteiger partial charge in [0.05, 0.1) is 0 Å². The van der Waals surface area contributed by atoms with E-state index < -0.39 is 0 Å². The fourth-order valence-corrected chi connectivity index (χ4v) is 9.88. The Morgan fingerprint density at radius 3 is 0.475 bits per heavy atom. The van der Waals surface area contributed by atoms with Crippen molar-refractivity contribution < 1.29 is 0 Å². The number of hydrogen-bond donors (Lipinski definition) is 0. The molecule has 0 radical (unpaired) electrons. The monoisotopic (exact) mass is 843 g/mol. The highest BCUT2D eigenvalue weighted by atomic mass is 31.1. The molecule has 0 aliphatic rings. The van der Waals surface area contributed by atoms with E-state index in [9.17, 15) is 0 Å². The number of unbranched alkanes of at least 4 members (excludes halogenated alkanes) is 50. The molecule has 0 bridgehead atoms. The van der Waals surface area contributed by atoms with Crippen LogP contribution in [0.1, 0.15) is 348 Å². The third-order valence-corrected chi connectivity index (χ3v) is 14.2. The highest BCUT2D eigenvalue weighted by Gasteiger charge is 1.98. The van der Waals surface area contributed by atoms with Crippen LogP contribution in [-0.2, 0) is 0 Å². The molecular formula is C58H115P. The van der Waals surface area contributed by atoms with Gasteiger partial charge in [-0.05, 0) is 25.7 Å². The molecule has 0 aliphatic carbocycles. The van der Waals surface area contributed by atoms with Gasteiger partial charge in [-0.2, -0.15) is 0 Å². The number of allylic oxidation sites excluding steroid dienone is 2. The lowest BCUT2D eigenvalue weighted by molar-refractivity contribution is 0.516. The molecule has 1 heteroatoms. The van der Waals surface area contributed by atoms with Gasteiger partial charge in [0.1, 0.15) is 0 Å². The summed E-state index contributed by atoms with van der Waals surface area (Å²) in [6, 6.07) is 0. The molecule has 0 unspecified atom stereocenters. The van der Waals surface area contributed by atoms with Gasteiger partial charge in [0.2, 0.25) is 0 Å². The highest BCUT2D eigenvalue weighted by Crippen LogP contribution is 2.20. The van der Waals surface area contributed by atoms with Gasteiger partial charge in [-0.15, -0.1) is 0 Å². The Bertz CT molecular complexity index is 690. The molecule has 0 N–H and O–H groups in total. The fraction of sp³-hybridized carbons (Fsp3) is 0.931. The largest absolute Gasteiger partial charge is 0.0840 e. The van der Waals surface area contributed by atoms with E-state index in [1.54, 1.807) is 0 Å². The molecule has 0 aliphatic heterocycles. The molecule has 0 aromatic rings. The van der Waals surface area contributed by atoms with E-state index in [-0.39, 0.29) is 0 Å². The smallest absolute Gasteiger partial charge is 0.0347 e. The van der Waals surface area contributed by atoms with Crippen LogP contribution in [0.3, 0.4) is 0 Å². The summed E-state index contributed by atoms with van der Waals surface area (Å²) in [5, 5.41) is 0. The van der Waals surface area contributed by atoms with Crippen LogP contribution in [-0.4, -0.2) is 0 Å². The van der Waals surface area contributed by atoms with Crippen molar-refractivity contribution in [2.45, 2.75) is 348 Å². The van der Waals surface area contributed by atoms with E-state index in [1.807, 2.05) is 0 Å². The Kier molecular flexibility index (Phi) is 57.8. The lowest BCUT2D eigenvalue weighted by Gasteiger charge is -2.04. The molecule has 0 atom stereocenters. The first-order chi connectivity index (χ1) is 29.4. The zero-order chi connectivity index (χ0) is 42.3. The molecule has 0 nitrogen and oxygen atoms in total. The van der Waals surface area contributed by atoms with E-state index in [2.05, 4.69) is 37.6 Å². The molecule has 0 saturated heterocycles. The second-order valence-corrected chi connectivity index (χ2v) is 20.5. The van der Waals surface area contributed by atoms with Gasteiger partial charge >= 0.3 is 0 Å². The zero-order valence-corrected chi connectivity index (χ0v) is 42.6. The molecule has 0 saturated carbocycles. The molecule has 0 rings (SSSR count). The SMILES string of the molecule is CCCCCCCCCCCCCCCCCCCCCCCCCCCC=CPC=CCCCCCCCCCCCCCCCCCCCCCCCCCCC. The van der Waals surface area contributed by atoms with Gasteiger partial charge < -0.3 is 0 Å². The van der Waals surface area contributed by atoms with Crippen LogP contribution in [0.2, 0.25) is 0 Å². The Labute approximate surface area is 378 Å². The first kappa shape index (κ1) is 58.9. The van der Waals surface area contributed by atoms with Crippen LogP contribution in [0.25, 0.3) is 0 Å². The molecular weight excluding hydrogens is 728 g/mol. The van der Waals surface area contributed by atoms with Gasteiger partial charge in [-0.25, -0.2) is 0 Å². The van der Waals surface area contributed by atoms with Crippen molar-refractivity contribution in [2.75, 3.05) is 0 Å². The minimum Gasteiger partial charge on any atom is -0.0840 e. The predicted octanol–water partition coefficient (Wildman–Crippen LogP) is 23.0. The van der Waals surface area contributed by atoms with E-state index in [1.165, 1.54) is 334 Å². The van der Waals surface area contributed by atoms with Crippen molar-refractivity contribution in [3.05, 3.63) is 23.8 Å². The van der Waals surface area contributed by atoms with E-state index in [0.717, 1.165) is 8.58 Å². The van der Waals surface area contributed by atoms with E-state index in [4.69, 9.17) is 0 Å². The molecule has 0 fully saturated rings. The normalized spacial score (nSPS) is 12.2. The molecule has 59 heavy (non-hydrogen) atoms. The summed E-state index contributed by atoms with van der Waals surface area (Å²) >= 11 is 0. The topological polar surface area (TPSA) is 0 Å². The molecule has 352 valence electrons. The standard InChI is InChI=1S/C58H115P/c1-3-5-7-9-11-13-15-17-19-21-23-25-27-29-31-33-35-37-39-41-43-45-47-49-51-53-55-57-59-58-56-54-52-50-48-46-44-42-40-38-36-34-32-30-28-26-24-22-20-18-16-14-12-10-8-6-4-2/h55-59H,3-54H2,1-2H3. The maximum atomic E-state index is 2.45. The molecule has 0 amide bonds. The van der Waals surface area contributed by atoms with Crippen molar-refractivity contribution in [3.8, 4) is 0 Å². The average molecular weight is 844 g/mol. The fourth-order valence-electron chi connectivity index (χ4n) is 9.16. The number of rotatable bonds is 54. The quantitative estimate of drug-likeness (QED) is 0.0423. The first-order valence-corrected chi connectivity index (χ1v) is 29.6. The molecule has 0 aromatic heterocycles. The van der Waals surface area contributed by atoms with Gasteiger partial charge in [0.25, 0.3) is 0 Å². The Morgan fingerprint density at radius 2 is 0.322 bits per heavy atom. The minimum atomic E-state index is 0.891. The van der Waals surface area contributed by atoms with Crippen molar-refractivity contribution in [1.82, 2.24) is 0 Å². The third-order valence-electron chi connectivity index (χ3n) is 13.4. The van der Waals surface area contributed by atoms with E-state index in [0.29, 0.717) is 0 Å². The van der Waals surface area contributed by atoms with Gasteiger partial charge in [-0.1, -0.05) is 354 Å². The Balaban J connectivity index is 3.14. The average Bonchev–Trinajstić information content (AvgIpc) is 3.25. The van der Waals surface area contributed by atoms with Crippen LogP contribution in [0.15, 0.2) is 23.8 Å². The summed E-state index contributed by atoms with van der Waals surface area (Å²) in [5.41, 5.74) is 0. The predicted molar refractivity (Wildman–Crippen MR) is 278 cm³/mol. The van der Waals surface area contributed by atoms with Crippen LogP contribution in [0.4, 0.5) is 0 Å². The molecule has 0 aromatic carbocycles. The third kappa shape index (κ3) is 57.9. The molecule has 0 heterocycles. The van der Waals surface area contributed by atoms with Crippen LogP contribution in [0.5, 0.6) is 0 Å². The second-order valence-electron chi connectivity index (χ2n) is 19.5. The summed E-state index contributed by atoms with van der Waals surface area (Å²) in [7, 11) is 0.891. The van der Waals surface area contributed by atoms with Gasteiger partial charge in [-0.3, -0.25) is 0 Å². The summed E-state index contributed by atoms with van der Waals surface area (Å²) in [5.74, 6) is 4.85.